The first kappa shape index (κ1) is 19.0. The Hall–Kier alpha value is -2.34. The zero-order chi connectivity index (χ0) is 18.1. The van der Waals surface area contributed by atoms with Gasteiger partial charge in [0.1, 0.15) is 5.75 Å². The molecule has 0 saturated heterocycles. The van der Waals surface area contributed by atoms with Crippen molar-refractivity contribution in [2.75, 3.05) is 13.7 Å². The Balaban J connectivity index is 1.73. The predicted octanol–water partition coefficient (Wildman–Crippen LogP) is 3.53. The Morgan fingerprint density at radius 1 is 1.20 bits per heavy atom. The largest absolute Gasteiger partial charge is 0.497 e. The summed E-state index contributed by atoms with van der Waals surface area (Å²) in [5.41, 5.74) is 1.06. The average molecular weight is 360 g/mol. The Bertz CT molecular complexity index is 668. The third-order valence-corrected chi connectivity index (χ3v) is 4.74. The van der Waals surface area contributed by atoms with Crippen LogP contribution in [-0.4, -0.2) is 25.5 Å². The van der Waals surface area contributed by atoms with Gasteiger partial charge in [-0.3, -0.25) is 9.59 Å². The van der Waals surface area contributed by atoms with E-state index in [1.807, 2.05) is 42.6 Å². The van der Waals surface area contributed by atoms with Gasteiger partial charge < -0.3 is 15.4 Å². The van der Waals surface area contributed by atoms with E-state index in [2.05, 4.69) is 10.6 Å². The third kappa shape index (κ3) is 5.90. The van der Waals surface area contributed by atoms with Gasteiger partial charge in [0.25, 0.3) is 5.91 Å². The van der Waals surface area contributed by atoms with Crippen LogP contribution >= 0.6 is 11.3 Å². The van der Waals surface area contributed by atoms with Crippen LogP contribution in [0.4, 0.5) is 0 Å². The fourth-order valence-electron chi connectivity index (χ4n) is 2.47. The number of nitrogens with one attached hydrogen (secondary N) is 2. The highest BCUT2D eigenvalue weighted by molar-refractivity contribution is 7.12. The number of carbonyl (C=O) groups excluding carboxylic acids is 2. The molecule has 1 aromatic heterocycles. The van der Waals surface area contributed by atoms with Crippen molar-refractivity contribution in [2.45, 2.75) is 32.2 Å². The molecular weight excluding hydrogens is 336 g/mol. The third-order valence-electron chi connectivity index (χ3n) is 3.87. The van der Waals surface area contributed by atoms with Crippen molar-refractivity contribution in [3.8, 4) is 5.75 Å². The SMILES string of the molecule is CCC(NC(=O)CCCNC(=O)c1cccs1)c1ccc(OC)cc1. The second-order valence-corrected chi connectivity index (χ2v) is 6.59. The van der Waals surface area contributed by atoms with Gasteiger partial charge in [0.05, 0.1) is 18.0 Å². The molecule has 0 aliphatic carbocycles. The fraction of sp³-hybridized carbons (Fsp3) is 0.368. The molecule has 1 heterocycles. The first-order chi connectivity index (χ1) is 12.1. The monoisotopic (exact) mass is 360 g/mol. The minimum atomic E-state index is -0.0833. The molecule has 6 heteroatoms. The number of ether oxygens (including phenoxy) is 1. The molecule has 2 amide bonds. The first-order valence-corrected chi connectivity index (χ1v) is 9.27. The molecule has 5 nitrogen and oxygen atoms in total. The number of thiophene rings is 1. The maximum Gasteiger partial charge on any atom is 0.261 e. The Labute approximate surface area is 152 Å². The van der Waals surface area contributed by atoms with E-state index in [4.69, 9.17) is 4.74 Å². The van der Waals surface area contributed by atoms with Crippen LogP contribution in [0, 0.1) is 0 Å². The van der Waals surface area contributed by atoms with Crippen LogP contribution in [0.5, 0.6) is 5.75 Å². The van der Waals surface area contributed by atoms with E-state index >= 15 is 0 Å². The van der Waals surface area contributed by atoms with Crippen LogP contribution in [0.25, 0.3) is 0 Å². The van der Waals surface area contributed by atoms with Crippen molar-refractivity contribution in [3.05, 3.63) is 52.2 Å². The molecule has 2 N–H and O–H groups in total. The summed E-state index contributed by atoms with van der Waals surface area (Å²) in [6.45, 7) is 2.53. The normalized spacial score (nSPS) is 11.6. The fourth-order valence-corrected chi connectivity index (χ4v) is 3.11. The van der Waals surface area contributed by atoms with Crippen LogP contribution in [0.2, 0.25) is 0 Å². The average Bonchev–Trinajstić information content (AvgIpc) is 3.18. The van der Waals surface area contributed by atoms with Crippen molar-refractivity contribution in [1.29, 1.82) is 0 Å². The van der Waals surface area contributed by atoms with E-state index in [1.54, 1.807) is 13.2 Å². The first-order valence-electron chi connectivity index (χ1n) is 8.39. The second-order valence-electron chi connectivity index (χ2n) is 5.64. The Kier molecular flexibility index (Phi) is 7.47. The van der Waals surface area contributed by atoms with Crippen LogP contribution in [-0.2, 0) is 4.79 Å². The molecule has 25 heavy (non-hydrogen) atoms. The molecule has 1 unspecified atom stereocenters. The number of hydrogen-bond acceptors (Lipinski definition) is 4. The summed E-state index contributed by atoms with van der Waals surface area (Å²) < 4.78 is 5.15. The summed E-state index contributed by atoms with van der Waals surface area (Å²) >= 11 is 1.41. The predicted molar refractivity (Wildman–Crippen MR) is 100 cm³/mol. The number of rotatable bonds is 9. The molecule has 0 radical (unpaired) electrons. The van der Waals surface area contributed by atoms with Gasteiger partial charge in [-0.15, -0.1) is 11.3 Å². The van der Waals surface area contributed by atoms with E-state index < -0.39 is 0 Å². The molecule has 2 rings (SSSR count). The van der Waals surface area contributed by atoms with Gasteiger partial charge in [-0.25, -0.2) is 0 Å². The molecule has 1 aromatic carbocycles. The van der Waals surface area contributed by atoms with Crippen molar-refractivity contribution in [2.24, 2.45) is 0 Å². The number of carbonyl (C=O) groups is 2. The van der Waals surface area contributed by atoms with Gasteiger partial charge >= 0.3 is 0 Å². The van der Waals surface area contributed by atoms with Gasteiger partial charge in [0.15, 0.2) is 0 Å². The minimum absolute atomic E-state index is 0.00644. The lowest BCUT2D eigenvalue weighted by molar-refractivity contribution is -0.122. The van der Waals surface area contributed by atoms with Crippen molar-refractivity contribution in [1.82, 2.24) is 10.6 Å². The number of methoxy groups -OCH3 is 1. The number of benzene rings is 1. The molecule has 0 aliphatic rings. The topological polar surface area (TPSA) is 67.4 Å². The zero-order valence-electron chi connectivity index (χ0n) is 14.6. The quantitative estimate of drug-likeness (QED) is 0.672. The lowest BCUT2D eigenvalue weighted by atomic mass is 10.0. The summed E-state index contributed by atoms with van der Waals surface area (Å²) in [6, 6.07) is 11.3. The highest BCUT2D eigenvalue weighted by Gasteiger charge is 2.13. The van der Waals surface area contributed by atoms with E-state index in [9.17, 15) is 9.59 Å². The molecule has 1 atom stereocenters. The molecule has 0 fully saturated rings. The van der Waals surface area contributed by atoms with E-state index in [-0.39, 0.29) is 17.9 Å². The van der Waals surface area contributed by atoms with Crippen molar-refractivity contribution < 1.29 is 14.3 Å². The molecule has 134 valence electrons. The molecule has 0 aliphatic heterocycles. The van der Waals surface area contributed by atoms with E-state index in [0.717, 1.165) is 17.7 Å². The summed E-state index contributed by atoms with van der Waals surface area (Å²) in [5.74, 6) is 0.708. The van der Waals surface area contributed by atoms with Gasteiger partial charge in [0.2, 0.25) is 5.91 Å². The van der Waals surface area contributed by atoms with Crippen LogP contribution in [0.1, 0.15) is 47.5 Å². The molecular formula is C19H24N2O3S. The number of amides is 2. The van der Waals surface area contributed by atoms with Crippen LogP contribution in [0.3, 0.4) is 0 Å². The van der Waals surface area contributed by atoms with Crippen LogP contribution < -0.4 is 15.4 Å². The Morgan fingerprint density at radius 3 is 2.56 bits per heavy atom. The van der Waals surface area contributed by atoms with E-state index in [0.29, 0.717) is 24.3 Å². The lowest BCUT2D eigenvalue weighted by Crippen LogP contribution is -2.29. The lowest BCUT2D eigenvalue weighted by Gasteiger charge is -2.18. The minimum Gasteiger partial charge on any atom is -0.497 e. The molecule has 0 bridgehead atoms. The summed E-state index contributed by atoms with van der Waals surface area (Å²) in [7, 11) is 1.63. The van der Waals surface area contributed by atoms with Crippen molar-refractivity contribution in [3.63, 3.8) is 0 Å². The van der Waals surface area contributed by atoms with Gasteiger partial charge in [-0.2, -0.15) is 0 Å². The zero-order valence-corrected chi connectivity index (χ0v) is 15.4. The van der Waals surface area contributed by atoms with Gasteiger partial charge in [-0.1, -0.05) is 25.1 Å². The van der Waals surface area contributed by atoms with Gasteiger partial charge in [-0.05, 0) is 42.0 Å². The number of hydrogen-bond donors (Lipinski definition) is 2. The van der Waals surface area contributed by atoms with Gasteiger partial charge in [0, 0.05) is 13.0 Å². The van der Waals surface area contributed by atoms with Crippen LogP contribution in [0.15, 0.2) is 41.8 Å². The second kappa shape index (κ2) is 9.84. The van der Waals surface area contributed by atoms with E-state index in [1.165, 1.54) is 11.3 Å². The maximum absolute atomic E-state index is 12.1. The highest BCUT2D eigenvalue weighted by Crippen LogP contribution is 2.20. The van der Waals surface area contributed by atoms with Crippen molar-refractivity contribution >= 4 is 23.2 Å². The Morgan fingerprint density at radius 2 is 1.96 bits per heavy atom. The molecule has 0 spiro atoms. The standard InChI is InChI=1S/C19H24N2O3S/c1-3-16(14-8-10-15(24-2)11-9-14)21-18(22)7-4-12-20-19(23)17-6-5-13-25-17/h5-6,8-11,13,16H,3-4,7,12H2,1-2H3,(H,20,23)(H,21,22). The summed E-state index contributed by atoms with van der Waals surface area (Å²) in [6.07, 6.45) is 1.81. The summed E-state index contributed by atoms with van der Waals surface area (Å²) in [4.78, 5) is 24.6. The molecule has 2 aromatic rings. The smallest absolute Gasteiger partial charge is 0.261 e. The summed E-state index contributed by atoms with van der Waals surface area (Å²) in [5, 5.41) is 7.74. The molecule has 0 saturated carbocycles. The maximum atomic E-state index is 12.1. The highest BCUT2D eigenvalue weighted by atomic mass is 32.1.